The van der Waals surface area contributed by atoms with Gasteiger partial charge in [-0.3, -0.25) is 14.8 Å². The predicted octanol–water partition coefficient (Wildman–Crippen LogP) is 1.65. The third-order valence-electron chi connectivity index (χ3n) is 3.45. The van der Waals surface area contributed by atoms with Crippen LogP contribution in [0.3, 0.4) is 0 Å². The van der Waals surface area contributed by atoms with Gasteiger partial charge in [0, 0.05) is 39.4 Å². The smallest absolute Gasteiger partial charge is 0.253 e. The van der Waals surface area contributed by atoms with Crippen molar-refractivity contribution in [2.24, 2.45) is 4.99 Å². The number of amides is 1. The number of pyridine rings is 1. The van der Waals surface area contributed by atoms with Crippen molar-refractivity contribution in [2.75, 3.05) is 21.1 Å². The average molecular weight is 325 g/mol. The van der Waals surface area contributed by atoms with E-state index < -0.39 is 0 Å². The highest BCUT2D eigenvalue weighted by Gasteiger charge is 2.07. The molecule has 0 aliphatic carbocycles. The second-order valence-electron chi connectivity index (χ2n) is 5.50. The fourth-order valence-electron chi connectivity index (χ4n) is 2.11. The standard InChI is InChI=1S/C18H23N5O/c1-19-18(22-13-16-6-4-5-11-20-16)21-12-14-7-9-15(10-8-14)17(24)23(2)3/h4-11H,12-13H2,1-3H3,(H2,19,21,22). The highest BCUT2D eigenvalue weighted by Crippen LogP contribution is 2.06. The molecule has 2 aromatic rings. The number of carbonyl (C=O) groups excluding carboxylic acids is 1. The molecule has 6 heteroatoms. The molecule has 0 bridgehead atoms. The van der Waals surface area contributed by atoms with E-state index in [4.69, 9.17) is 0 Å². The first-order chi connectivity index (χ1) is 11.6. The molecular weight excluding hydrogens is 302 g/mol. The second-order valence-corrected chi connectivity index (χ2v) is 5.50. The Labute approximate surface area is 142 Å². The number of aliphatic imine (C=N–C) groups is 1. The van der Waals surface area contributed by atoms with Gasteiger partial charge in [-0.05, 0) is 29.8 Å². The van der Waals surface area contributed by atoms with Crippen LogP contribution in [0.5, 0.6) is 0 Å². The molecule has 0 fully saturated rings. The first-order valence-corrected chi connectivity index (χ1v) is 7.75. The van der Waals surface area contributed by atoms with Crippen LogP contribution < -0.4 is 10.6 Å². The molecule has 24 heavy (non-hydrogen) atoms. The molecule has 0 radical (unpaired) electrons. The zero-order valence-corrected chi connectivity index (χ0v) is 14.3. The molecule has 0 aliphatic heterocycles. The van der Waals surface area contributed by atoms with Gasteiger partial charge < -0.3 is 15.5 Å². The summed E-state index contributed by atoms with van der Waals surface area (Å²) in [6.07, 6.45) is 1.77. The third kappa shape index (κ3) is 5.08. The van der Waals surface area contributed by atoms with E-state index in [0.717, 1.165) is 11.3 Å². The summed E-state index contributed by atoms with van der Waals surface area (Å²) in [5.41, 5.74) is 2.71. The summed E-state index contributed by atoms with van der Waals surface area (Å²) < 4.78 is 0. The highest BCUT2D eigenvalue weighted by molar-refractivity contribution is 5.93. The van der Waals surface area contributed by atoms with Crippen LogP contribution in [0.15, 0.2) is 53.7 Å². The van der Waals surface area contributed by atoms with Crippen molar-refractivity contribution in [3.05, 3.63) is 65.5 Å². The number of carbonyl (C=O) groups is 1. The molecule has 0 saturated heterocycles. The molecule has 1 amide bonds. The van der Waals surface area contributed by atoms with Crippen LogP contribution in [0.4, 0.5) is 0 Å². The van der Waals surface area contributed by atoms with Crippen LogP contribution in [-0.4, -0.2) is 42.9 Å². The van der Waals surface area contributed by atoms with Gasteiger partial charge in [0.15, 0.2) is 5.96 Å². The van der Waals surface area contributed by atoms with Crippen LogP contribution in [-0.2, 0) is 13.1 Å². The van der Waals surface area contributed by atoms with E-state index in [1.54, 1.807) is 32.2 Å². The summed E-state index contributed by atoms with van der Waals surface area (Å²) >= 11 is 0. The quantitative estimate of drug-likeness (QED) is 0.648. The number of rotatable bonds is 5. The number of nitrogens with zero attached hydrogens (tertiary/aromatic N) is 3. The lowest BCUT2D eigenvalue weighted by molar-refractivity contribution is 0.0827. The average Bonchev–Trinajstić information content (AvgIpc) is 2.62. The lowest BCUT2D eigenvalue weighted by Gasteiger charge is -2.13. The van der Waals surface area contributed by atoms with E-state index >= 15 is 0 Å². The summed E-state index contributed by atoms with van der Waals surface area (Å²) in [5.74, 6) is 0.705. The van der Waals surface area contributed by atoms with Gasteiger partial charge in [0.2, 0.25) is 0 Å². The molecule has 0 saturated carbocycles. The number of benzene rings is 1. The van der Waals surface area contributed by atoms with Crippen molar-refractivity contribution >= 4 is 11.9 Å². The maximum atomic E-state index is 11.9. The van der Waals surface area contributed by atoms with E-state index in [1.165, 1.54) is 0 Å². The van der Waals surface area contributed by atoms with Gasteiger partial charge >= 0.3 is 0 Å². The first-order valence-electron chi connectivity index (χ1n) is 7.75. The molecular formula is C18H23N5O. The lowest BCUT2D eigenvalue weighted by atomic mass is 10.1. The molecule has 2 N–H and O–H groups in total. The van der Waals surface area contributed by atoms with Gasteiger partial charge in [-0.1, -0.05) is 18.2 Å². The van der Waals surface area contributed by atoms with E-state index in [2.05, 4.69) is 20.6 Å². The number of nitrogens with one attached hydrogen (secondary N) is 2. The van der Waals surface area contributed by atoms with E-state index in [-0.39, 0.29) is 5.91 Å². The number of aromatic nitrogens is 1. The number of hydrogen-bond donors (Lipinski definition) is 2. The Hall–Kier alpha value is -2.89. The minimum atomic E-state index is 0.00217. The van der Waals surface area contributed by atoms with E-state index in [0.29, 0.717) is 24.6 Å². The van der Waals surface area contributed by atoms with Gasteiger partial charge in [0.05, 0.1) is 12.2 Å². The summed E-state index contributed by atoms with van der Waals surface area (Å²) in [5, 5.41) is 6.46. The summed E-state index contributed by atoms with van der Waals surface area (Å²) in [7, 11) is 5.22. The molecule has 1 aromatic heterocycles. The zero-order chi connectivity index (χ0) is 17.4. The minimum absolute atomic E-state index is 0.00217. The molecule has 0 aliphatic rings. The monoisotopic (exact) mass is 325 g/mol. The predicted molar refractivity (Wildman–Crippen MR) is 95.7 cm³/mol. The van der Waals surface area contributed by atoms with Crippen molar-refractivity contribution < 1.29 is 4.79 Å². The van der Waals surface area contributed by atoms with Crippen molar-refractivity contribution in [1.29, 1.82) is 0 Å². The van der Waals surface area contributed by atoms with Gasteiger partial charge in [-0.25, -0.2) is 0 Å². The Bertz CT molecular complexity index is 680. The largest absolute Gasteiger partial charge is 0.352 e. The molecule has 126 valence electrons. The van der Waals surface area contributed by atoms with E-state index in [1.807, 2.05) is 42.5 Å². The van der Waals surface area contributed by atoms with Gasteiger partial charge in [0.25, 0.3) is 5.91 Å². The first kappa shape index (κ1) is 17.5. The Morgan fingerprint density at radius 2 is 1.79 bits per heavy atom. The van der Waals surface area contributed by atoms with Crippen molar-refractivity contribution in [1.82, 2.24) is 20.5 Å². The Kier molecular flexibility index (Phi) is 6.31. The van der Waals surface area contributed by atoms with Crippen LogP contribution in [0.2, 0.25) is 0 Å². The zero-order valence-electron chi connectivity index (χ0n) is 14.3. The number of hydrogen-bond acceptors (Lipinski definition) is 3. The third-order valence-corrected chi connectivity index (χ3v) is 3.45. The highest BCUT2D eigenvalue weighted by atomic mass is 16.2. The fraction of sp³-hybridized carbons (Fsp3) is 0.278. The van der Waals surface area contributed by atoms with Gasteiger partial charge in [-0.15, -0.1) is 0 Å². The van der Waals surface area contributed by atoms with Crippen LogP contribution >= 0.6 is 0 Å². The minimum Gasteiger partial charge on any atom is -0.352 e. The summed E-state index contributed by atoms with van der Waals surface area (Å²) in [6, 6.07) is 13.4. The van der Waals surface area contributed by atoms with Gasteiger partial charge in [0.1, 0.15) is 0 Å². The normalized spacial score (nSPS) is 11.0. The molecule has 1 aromatic carbocycles. The summed E-state index contributed by atoms with van der Waals surface area (Å²) in [6.45, 7) is 1.23. The summed E-state index contributed by atoms with van der Waals surface area (Å²) in [4.78, 5) is 21.9. The second kappa shape index (κ2) is 8.67. The van der Waals surface area contributed by atoms with Crippen molar-refractivity contribution in [3.63, 3.8) is 0 Å². The van der Waals surface area contributed by atoms with Gasteiger partial charge in [-0.2, -0.15) is 0 Å². The van der Waals surface area contributed by atoms with E-state index in [9.17, 15) is 4.79 Å². The molecule has 1 heterocycles. The lowest BCUT2D eigenvalue weighted by Crippen LogP contribution is -2.36. The maximum absolute atomic E-state index is 11.9. The molecule has 2 rings (SSSR count). The Morgan fingerprint density at radius 1 is 1.08 bits per heavy atom. The molecule has 0 spiro atoms. The molecule has 6 nitrogen and oxygen atoms in total. The SMILES string of the molecule is CN=C(NCc1ccc(C(=O)N(C)C)cc1)NCc1ccccn1. The van der Waals surface area contributed by atoms with Crippen LogP contribution in [0, 0.1) is 0 Å². The van der Waals surface area contributed by atoms with Crippen LogP contribution in [0.25, 0.3) is 0 Å². The fourth-order valence-corrected chi connectivity index (χ4v) is 2.11. The Balaban J connectivity index is 1.86. The van der Waals surface area contributed by atoms with Crippen LogP contribution in [0.1, 0.15) is 21.6 Å². The van der Waals surface area contributed by atoms with Crippen molar-refractivity contribution in [2.45, 2.75) is 13.1 Å². The molecule has 0 unspecified atom stereocenters. The number of guanidine groups is 1. The van der Waals surface area contributed by atoms with Crippen molar-refractivity contribution in [3.8, 4) is 0 Å². The Morgan fingerprint density at radius 3 is 2.38 bits per heavy atom. The molecule has 0 atom stereocenters. The maximum Gasteiger partial charge on any atom is 0.253 e. The topological polar surface area (TPSA) is 69.6 Å².